The molecule has 6 nitrogen and oxygen atoms in total. The summed E-state index contributed by atoms with van der Waals surface area (Å²) in [7, 11) is 1.88. The summed E-state index contributed by atoms with van der Waals surface area (Å²) >= 11 is 6.08. The SMILES string of the molecule is C#C.C=O.CNc1cncc(-c2ccc3ncnc(Nc4cccc(Cl)c4)c3c2)c1. The molecule has 2 aromatic heterocycles. The Hall–Kier alpha value is -3.95. The summed E-state index contributed by atoms with van der Waals surface area (Å²) in [5.74, 6) is 0.733. The molecular weight excluding hydrogens is 398 g/mol. The van der Waals surface area contributed by atoms with Crippen molar-refractivity contribution in [1.29, 1.82) is 0 Å². The van der Waals surface area contributed by atoms with Crippen LogP contribution < -0.4 is 10.6 Å². The molecule has 0 spiro atoms. The molecule has 2 heterocycles. The fraction of sp³-hybridized carbons (Fsp3) is 0.0435. The molecule has 0 bridgehead atoms. The average Bonchev–Trinajstić information content (AvgIpc) is 2.82. The van der Waals surface area contributed by atoms with E-state index in [1.54, 1.807) is 12.5 Å². The molecule has 0 saturated carbocycles. The minimum atomic E-state index is 0.670. The second-order valence-corrected chi connectivity index (χ2v) is 6.24. The van der Waals surface area contributed by atoms with Gasteiger partial charge in [-0.05, 0) is 42.0 Å². The van der Waals surface area contributed by atoms with Gasteiger partial charge in [0, 0.05) is 41.1 Å². The maximum Gasteiger partial charge on any atom is 0.141 e. The lowest BCUT2D eigenvalue weighted by Gasteiger charge is -2.10. The highest BCUT2D eigenvalue weighted by Crippen LogP contribution is 2.29. The van der Waals surface area contributed by atoms with Crippen molar-refractivity contribution in [3.05, 3.63) is 72.3 Å². The van der Waals surface area contributed by atoms with Crippen LogP contribution in [0.2, 0.25) is 5.02 Å². The number of benzene rings is 2. The molecule has 0 aliphatic heterocycles. The molecule has 0 radical (unpaired) electrons. The average molecular weight is 418 g/mol. The molecule has 0 unspecified atom stereocenters. The Morgan fingerprint density at radius 2 is 1.73 bits per heavy atom. The molecule has 7 heteroatoms. The predicted molar refractivity (Wildman–Crippen MR) is 124 cm³/mol. The van der Waals surface area contributed by atoms with Gasteiger partial charge in [0.25, 0.3) is 0 Å². The Morgan fingerprint density at radius 1 is 0.933 bits per heavy atom. The van der Waals surface area contributed by atoms with Gasteiger partial charge in [-0.2, -0.15) is 0 Å². The van der Waals surface area contributed by atoms with Gasteiger partial charge in [0.15, 0.2) is 0 Å². The van der Waals surface area contributed by atoms with E-state index in [-0.39, 0.29) is 0 Å². The first-order chi connectivity index (χ1) is 14.7. The van der Waals surface area contributed by atoms with Crippen LogP contribution in [0.5, 0.6) is 0 Å². The minimum Gasteiger partial charge on any atom is -0.387 e. The molecule has 2 N–H and O–H groups in total. The van der Waals surface area contributed by atoms with E-state index in [4.69, 9.17) is 16.4 Å². The number of pyridine rings is 1. The lowest BCUT2D eigenvalue weighted by Crippen LogP contribution is -1.96. The number of fused-ring (bicyclic) bond motifs is 1. The molecule has 0 amide bonds. The van der Waals surface area contributed by atoms with Crippen LogP contribution in [0.1, 0.15) is 0 Å². The summed E-state index contributed by atoms with van der Waals surface area (Å²) in [5.41, 5.74) is 4.78. The van der Waals surface area contributed by atoms with Crippen molar-refractivity contribution in [1.82, 2.24) is 15.0 Å². The number of terminal acetylenes is 1. The largest absolute Gasteiger partial charge is 0.387 e. The standard InChI is InChI=1S/C20H16ClN5.C2H2.CH2O/c1-22-17-7-14(10-23-11-17)13-5-6-19-18(8-13)20(25-12-24-19)26-16-4-2-3-15(21)9-16;2*1-2/h2-12,22H,1H3,(H,24,25,26);1-2H;1H2. The Balaban J connectivity index is 0.000000757. The van der Waals surface area contributed by atoms with Gasteiger partial charge in [-0.1, -0.05) is 23.7 Å². The van der Waals surface area contributed by atoms with Crippen molar-refractivity contribution < 1.29 is 4.79 Å². The second-order valence-electron chi connectivity index (χ2n) is 5.80. The Morgan fingerprint density at radius 3 is 2.47 bits per heavy atom. The van der Waals surface area contributed by atoms with Crippen LogP contribution in [0.3, 0.4) is 0 Å². The van der Waals surface area contributed by atoms with E-state index in [9.17, 15) is 0 Å². The van der Waals surface area contributed by atoms with E-state index >= 15 is 0 Å². The van der Waals surface area contributed by atoms with Gasteiger partial charge in [0.05, 0.1) is 11.2 Å². The molecule has 0 fully saturated rings. The highest BCUT2D eigenvalue weighted by atomic mass is 35.5. The van der Waals surface area contributed by atoms with Gasteiger partial charge in [-0.15, -0.1) is 12.8 Å². The van der Waals surface area contributed by atoms with Crippen LogP contribution in [-0.2, 0) is 4.79 Å². The van der Waals surface area contributed by atoms with E-state index < -0.39 is 0 Å². The number of anilines is 3. The third-order valence-corrected chi connectivity index (χ3v) is 4.32. The van der Waals surface area contributed by atoms with Crippen molar-refractivity contribution in [2.75, 3.05) is 17.7 Å². The summed E-state index contributed by atoms with van der Waals surface area (Å²) in [6.45, 7) is 2.00. The highest BCUT2D eigenvalue weighted by molar-refractivity contribution is 6.30. The van der Waals surface area contributed by atoms with E-state index in [2.05, 4.69) is 50.6 Å². The lowest BCUT2D eigenvalue weighted by molar-refractivity contribution is -0.0979. The van der Waals surface area contributed by atoms with Crippen molar-refractivity contribution in [2.45, 2.75) is 0 Å². The predicted octanol–water partition coefficient (Wildman–Crippen LogP) is 5.20. The Labute approximate surface area is 180 Å². The number of hydrogen-bond donors (Lipinski definition) is 2. The normalized spacial score (nSPS) is 9.47. The molecular formula is C23H20ClN5O. The molecule has 2 aromatic carbocycles. The highest BCUT2D eigenvalue weighted by Gasteiger charge is 2.08. The summed E-state index contributed by atoms with van der Waals surface area (Å²) in [6.07, 6.45) is 13.2. The molecule has 150 valence electrons. The molecule has 0 aliphatic rings. The Kier molecular flexibility index (Phi) is 8.30. The van der Waals surface area contributed by atoms with Crippen molar-refractivity contribution in [3.8, 4) is 24.0 Å². The zero-order chi connectivity index (χ0) is 21.9. The number of halogens is 1. The first kappa shape index (κ1) is 22.3. The summed E-state index contributed by atoms with van der Waals surface area (Å²) in [4.78, 5) is 21.1. The molecule has 0 atom stereocenters. The van der Waals surface area contributed by atoms with Crippen LogP contribution in [-0.4, -0.2) is 28.8 Å². The summed E-state index contributed by atoms with van der Waals surface area (Å²) in [6, 6.07) is 15.7. The van der Waals surface area contributed by atoms with Crippen molar-refractivity contribution >= 4 is 46.5 Å². The van der Waals surface area contributed by atoms with Crippen molar-refractivity contribution in [2.24, 2.45) is 0 Å². The van der Waals surface area contributed by atoms with Crippen LogP contribution in [0.15, 0.2) is 67.3 Å². The van der Waals surface area contributed by atoms with Crippen molar-refractivity contribution in [3.63, 3.8) is 0 Å². The smallest absolute Gasteiger partial charge is 0.141 e. The second kappa shape index (κ2) is 11.1. The first-order valence-corrected chi connectivity index (χ1v) is 9.13. The number of carbonyl (C=O) groups excluding carboxylic acids is 1. The molecule has 0 aliphatic carbocycles. The maximum atomic E-state index is 8.00. The zero-order valence-electron chi connectivity index (χ0n) is 16.3. The fourth-order valence-electron chi connectivity index (χ4n) is 2.77. The fourth-order valence-corrected chi connectivity index (χ4v) is 2.96. The van der Waals surface area contributed by atoms with Gasteiger partial charge in [-0.3, -0.25) is 4.98 Å². The van der Waals surface area contributed by atoms with Crippen LogP contribution in [0.4, 0.5) is 17.2 Å². The lowest BCUT2D eigenvalue weighted by atomic mass is 10.0. The summed E-state index contributed by atoms with van der Waals surface area (Å²) < 4.78 is 0. The monoisotopic (exact) mass is 417 g/mol. The molecule has 30 heavy (non-hydrogen) atoms. The number of carbonyl (C=O) groups is 1. The van der Waals surface area contributed by atoms with Crippen LogP contribution in [0.25, 0.3) is 22.0 Å². The topological polar surface area (TPSA) is 79.8 Å². The van der Waals surface area contributed by atoms with Gasteiger partial charge < -0.3 is 15.4 Å². The van der Waals surface area contributed by atoms with E-state index in [1.807, 2.05) is 56.4 Å². The number of nitrogens with one attached hydrogen (secondary N) is 2. The number of hydrogen-bond acceptors (Lipinski definition) is 6. The van der Waals surface area contributed by atoms with E-state index in [0.29, 0.717) is 5.02 Å². The van der Waals surface area contributed by atoms with E-state index in [0.717, 1.165) is 39.2 Å². The van der Waals surface area contributed by atoms with Crippen LogP contribution >= 0.6 is 11.6 Å². The van der Waals surface area contributed by atoms with Crippen LogP contribution in [0, 0.1) is 12.8 Å². The Bertz CT molecular complexity index is 1150. The van der Waals surface area contributed by atoms with E-state index in [1.165, 1.54) is 0 Å². The van der Waals surface area contributed by atoms with Gasteiger partial charge in [0.2, 0.25) is 0 Å². The molecule has 0 saturated heterocycles. The quantitative estimate of drug-likeness (QED) is 0.444. The third-order valence-electron chi connectivity index (χ3n) is 4.08. The first-order valence-electron chi connectivity index (χ1n) is 8.76. The van der Waals surface area contributed by atoms with Gasteiger partial charge in [0.1, 0.15) is 18.9 Å². The third kappa shape index (κ3) is 5.31. The number of aromatic nitrogens is 3. The number of nitrogens with zero attached hydrogens (tertiary/aromatic N) is 3. The molecule has 4 aromatic rings. The summed E-state index contributed by atoms with van der Waals surface area (Å²) in [5, 5.41) is 8.04. The minimum absolute atomic E-state index is 0.670. The zero-order valence-corrected chi connectivity index (χ0v) is 17.1. The maximum absolute atomic E-state index is 8.00. The number of rotatable bonds is 4. The molecule has 4 rings (SSSR count). The van der Waals surface area contributed by atoms with Gasteiger partial charge in [-0.25, -0.2) is 9.97 Å². The van der Waals surface area contributed by atoms with Gasteiger partial charge >= 0.3 is 0 Å².